The number of nitrogen functional groups attached to an aromatic ring is 1. The van der Waals surface area contributed by atoms with Gasteiger partial charge in [-0.3, -0.25) is 4.99 Å². The van der Waals surface area contributed by atoms with E-state index in [-0.39, 0.29) is 0 Å². The van der Waals surface area contributed by atoms with Crippen LogP contribution < -0.4 is 26.4 Å². The number of anilines is 2. The van der Waals surface area contributed by atoms with Crippen molar-refractivity contribution in [2.75, 3.05) is 43.4 Å². The average molecular weight is 336 g/mol. The quantitative estimate of drug-likeness (QED) is 0.324. The second-order valence-corrected chi connectivity index (χ2v) is 5.62. The number of guanidine groups is 1. The van der Waals surface area contributed by atoms with Crippen LogP contribution in [0.25, 0.3) is 0 Å². The van der Waals surface area contributed by atoms with Gasteiger partial charge >= 0.3 is 0 Å². The molecule has 136 valence electrons. The summed E-state index contributed by atoms with van der Waals surface area (Å²) in [5.74, 6) is 1.45. The largest absolute Gasteiger partial charge is 0.476 e. The van der Waals surface area contributed by atoms with Gasteiger partial charge in [0.25, 0.3) is 0 Å². The third-order valence-corrected chi connectivity index (χ3v) is 3.32. The Balaban J connectivity index is 2.59. The summed E-state index contributed by atoms with van der Waals surface area (Å²) in [4.78, 5) is 10.7. The number of rotatable bonds is 11. The van der Waals surface area contributed by atoms with Crippen LogP contribution in [-0.4, -0.2) is 43.7 Å². The molecule has 1 rings (SSSR count). The highest BCUT2D eigenvalue weighted by Gasteiger charge is 2.08. The maximum Gasteiger partial charge on any atom is 0.217 e. The highest BCUT2D eigenvalue weighted by Crippen LogP contribution is 2.23. The smallest absolute Gasteiger partial charge is 0.217 e. The number of nitrogens with one attached hydrogen (secondary N) is 1. The van der Waals surface area contributed by atoms with Crippen LogP contribution >= 0.6 is 0 Å². The summed E-state index contributed by atoms with van der Waals surface area (Å²) in [5.41, 5.74) is 12.7. The lowest BCUT2D eigenvalue weighted by molar-refractivity contribution is 0.310. The molecule has 0 aliphatic heterocycles. The predicted octanol–water partition coefficient (Wildman–Crippen LogP) is 1.98. The van der Waals surface area contributed by atoms with Gasteiger partial charge in [-0.05, 0) is 19.3 Å². The van der Waals surface area contributed by atoms with Gasteiger partial charge in [0.15, 0.2) is 5.96 Å². The summed E-state index contributed by atoms with van der Waals surface area (Å²) >= 11 is 0. The molecule has 0 aromatic carbocycles. The van der Waals surface area contributed by atoms with Crippen molar-refractivity contribution in [3.05, 3.63) is 12.1 Å². The molecule has 0 aliphatic rings. The highest BCUT2D eigenvalue weighted by molar-refractivity contribution is 5.77. The van der Waals surface area contributed by atoms with Crippen molar-refractivity contribution in [1.29, 1.82) is 0 Å². The van der Waals surface area contributed by atoms with Crippen molar-refractivity contribution in [2.24, 2.45) is 10.7 Å². The first-order valence-electron chi connectivity index (χ1n) is 8.79. The van der Waals surface area contributed by atoms with Crippen molar-refractivity contribution in [3.63, 3.8) is 0 Å². The molecule has 1 heterocycles. The molecule has 0 saturated carbocycles. The monoisotopic (exact) mass is 336 g/mol. The Labute approximate surface area is 145 Å². The van der Waals surface area contributed by atoms with E-state index in [2.05, 4.69) is 41.0 Å². The fourth-order valence-electron chi connectivity index (χ4n) is 2.30. The number of ether oxygens (including phenoxy) is 1. The van der Waals surface area contributed by atoms with Crippen molar-refractivity contribution in [3.8, 4) is 5.88 Å². The normalized spacial score (nSPS) is 11.4. The van der Waals surface area contributed by atoms with Gasteiger partial charge in [-0.2, -0.15) is 4.98 Å². The predicted molar refractivity (Wildman–Crippen MR) is 102 cm³/mol. The minimum atomic E-state index is 0.443. The van der Waals surface area contributed by atoms with Crippen LogP contribution in [0.2, 0.25) is 0 Å². The first kappa shape index (κ1) is 19.9. The van der Waals surface area contributed by atoms with E-state index in [1.54, 1.807) is 0 Å². The van der Waals surface area contributed by atoms with Gasteiger partial charge < -0.3 is 26.4 Å². The molecular weight excluding hydrogens is 304 g/mol. The van der Waals surface area contributed by atoms with Crippen molar-refractivity contribution in [1.82, 2.24) is 10.3 Å². The van der Waals surface area contributed by atoms with Crippen LogP contribution in [0, 0.1) is 0 Å². The molecule has 7 nitrogen and oxygen atoms in total. The molecule has 0 aliphatic carbocycles. The van der Waals surface area contributed by atoms with Crippen LogP contribution in [0.15, 0.2) is 17.1 Å². The zero-order chi connectivity index (χ0) is 17.8. The Morgan fingerprint density at radius 2 is 1.92 bits per heavy atom. The molecule has 0 bridgehead atoms. The second-order valence-electron chi connectivity index (χ2n) is 5.62. The fraction of sp³-hybridized carbons (Fsp3) is 0.647. The summed E-state index contributed by atoms with van der Waals surface area (Å²) in [7, 11) is 0. The maximum absolute atomic E-state index is 5.92. The standard InChI is InChI=1S/C17H32N6O/c1-4-7-20-17(19)21-8-11-24-16-13-14(12-15(18)22-16)23(9-5-2)10-6-3/h12-13H,4-11H2,1-3H3,(H2,18,22)(H3,19,20,21). The molecule has 1 aromatic heterocycles. The molecule has 0 saturated heterocycles. The zero-order valence-electron chi connectivity index (χ0n) is 15.2. The van der Waals surface area contributed by atoms with Gasteiger partial charge in [0.05, 0.1) is 6.54 Å². The van der Waals surface area contributed by atoms with Crippen LogP contribution in [0.4, 0.5) is 11.5 Å². The minimum Gasteiger partial charge on any atom is -0.476 e. The Morgan fingerprint density at radius 1 is 1.21 bits per heavy atom. The Bertz CT molecular complexity index is 500. The van der Waals surface area contributed by atoms with E-state index in [1.807, 2.05) is 12.1 Å². The Hall–Kier alpha value is -2.18. The number of pyridine rings is 1. The number of aromatic nitrogens is 1. The highest BCUT2D eigenvalue weighted by atomic mass is 16.5. The van der Waals surface area contributed by atoms with Crippen LogP contribution in [0.3, 0.4) is 0 Å². The van der Waals surface area contributed by atoms with Gasteiger partial charge in [0.1, 0.15) is 12.4 Å². The minimum absolute atomic E-state index is 0.443. The molecule has 24 heavy (non-hydrogen) atoms. The Morgan fingerprint density at radius 3 is 2.54 bits per heavy atom. The van der Waals surface area contributed by atoms with E-state index in [1.165, 1.54) is 0 Å². The van der Waals surface area contributed by atoms with Crippen LogP contribution in [0.5, 0.6) is 5.88 Å². The summed E-state index contributed by atoms with van der Waals surface area (Å²) in [5, 5.41) is 3.01. The summed E-state index contributed by atoms with van der Waals surface area (Å²) in [6.45, 7) is 10.1. The second kappa shape index (κ2) is 11.4. The Kier molecular flexibility index (Phi) is 9.41. The molecule has 0 spiro atoms. The van der Waals surface area contributed by atoms with E-state index in [9.17, 15) is 0 Å². The number of nitrogens with two attached hydrogens (primary N) is 2. The fourth-order valence-corrected chi connectivity index (χ4v) is 2.30. The van der Waals surface area contributed by atoms with Gasteiger partial charge in [0, 0.05) is 37.5 Å². The van der Waals surface area contributed by atoms with Crippen molar-refractivity contribution >= 4 is 17.5 Å². The van der Waals surface area contributed by atoms with Gasteiger partial charge in [-0.1, -0.05) is 20.8 Å². The van der Waals surface area contributed by atoms with E-state index in [4.69, 9.17) is 16.2 Å². The molecule has 5 N–H and O–H groups in total. The number of hydrogen-bond donors (Lipinski definition) is 3. The van der Waals surface area contributed by atoms with Gasteiger partial charge in [-0.25, -0.2) is 0 Å². The maximum atomic E-state index is 5.92. The number of aliphatic imine (C=N–C) groups is 1. The molecule has 7 heteroatoms. The lowest BCUT2D eigenvalue weighted by Crippen LogP contribution is -2.34. The van der Waals surface area contributed by atoms with Crippen molar-refractivity contribution in [2.45, 2.75) is 40.0 Å². The van der Waals surface area contributed by atoms with Crippen LogP contribution in [0.1, 0.15) is 40.0 Å². The molecule has 0 fully saturated rings. The first-order chi connectivity index (χ1) is 11.6. The molecule has 0 amide bonds. The summed E-state index contributed by atoms with van der Waals surface area (Å²) < 4.78 is 5.70. The number of nitrogens with zero attached hydrogens (tertiary/aromatic N) is 3. The molecular formula is C17H32N6O. The first-order valence-corrected chi connectivity index (χ1v) is 8.79. The van der Waals surface area contributed by atoms with E-state index < -0.39 is 0 Å². The topological polar surface area (TPSA) is 102 Å². The van der Waals surface area contributed by atoms with Gasteiger partial charge in [0.2, 0.25) is 5.88 Å². The molecule has 1 aromatic rings. The third-order valence-electron chi connectivity index (χ3n) is 3.32. The number of hydrogen-bond acceptors (Lipinski definition) is 5. The van der Waals surface area contributed by atoms with Gasteiger partial charge in [-0.15, -0.1) is 0 Å². The van der Waals surface area contributed by atoms with Crippen LogP contribution in [-0.2, 0) is 0 Å². The third kappa shape index (κ3) is 7.39. The van der Waals surface area contributed by atoms with Crippen molar-refractivity contribution < 1.29 is 4.74 Å². The van der Waals surface area contributed by atoms with E-state index in [0.29, 0.717) is 30.8 Å². The molecule has 0 atom stereocenters. The average Bonchev–Trinajstić information content (AvgIpc) is 2.56. The van der Waals surface area contributed by atoms with E-state index in [0.717, 1.165) is 44.6 Å². The van der Waals surface area contributed by atoms with E-state index >= 15 is 0 Å². The summed E-state index contributed by atoms with van der Waals surface area (Å²) in [6, 6.07) is 3.84. The SMILES string of the molecule is CCCN=C(N)NCCOc1cc(N(CCC)CCC)cc(N)n1. The molecule has 0 radical (unpaired) electrons. The zero-order valence-corrected chi connectivity index (χ0v) is 15.2. The lowest BCUT2D eigenvalue weighted by atomic mass is 10.3. The summed E-state index contributed by atoms with van der Waals surface area (Å²) in [6.07, 6.45) is 3.14. The molecule has 0 unspecified atom stereocenters. The lowest BCUT2D eigenvalue weighted by Gasteiger charge is -2.24.